The average molecular weight is 274 g/mol. The second-order valence-electron chi connectivity index (χ2n) is 6.85. The van der Waals surface area contributed by atoms with Gasteiger partial charge in [0.05, 0.1) is 0 Å². The van der Waals surface area contributed by atoms with Crippen LogP contribution in [0.4, 0.5) is 0 Å². The first-order valence-electron chi connectivity index (χ1n) is 8.52. The van der Waals surface area contributed by atoms with Gasteiger partial charge in [0.2, 0.25) is 0 Å². The van der Waals surface area contributed by atoms with E-state index in [9.17, 15) is 0 Å². The SMILES string of the molecule is CC(C)=CCCC(C)=CCCC(C)=CCC1CCCC1. The summed E-state index contributed by atoms with van der Waals surface area (Å²) in [4.78, 5) is 0. The molecule has 1 saturated carbocycles. The maximum Gasteiger partial charge on any atom is -0.0288 e. The van der Waals surface area contributed by atoms with Crippen LogP contribution in [0.5, 0.6) is 0 Å². The van der Waals surface area contributed by atoms with Gasteiger partial charge in [-0.15, -0.1) is 0 Å². The molecule has 0 aromatic carbocycles. The molecule has 1 aliphatic rings. The molecule has 0 amide bonds. The third-order valence-electron chi connectivity index (χ3n) is 4.40. The Morgan fingerprint density at radius 1 is 0.800 bits per heavy atom. The molecular weight excluding hydrogens is 240 g/mol. The van der Waals surface area contributed by atoms with Crippen LogP contribution in [0.3, 0.4) is 0 Å². The number of rotatable bonds is 8. The molecule has 114 valence electrons. The van der Waals surface area contributed by atoms with Gasteiger partial charge < -0.3 is 0 Å². The fourth-order valence-corrected chi connectivity index (χ4v) is 2.95. The van der Waals surface area contributed by atoms with Crippen LogP contribution in [0.2, 0.25) is 0 Å². The Morgan fingerprint density at radius 3 is 1.95 bits per heavy atom. The van der Waals surface area contributed by atoms with Crippen LogP contribution in [0.25, 0.3) is 0 Å². The van der Waals surface area contributed by atoms with Crippen molar-refractivity contribution >= 4 is 0 Å². The van der Waals surface area contributed by atoms with Gasteiger partial charge in [0.1, 0.15) is 0 Å². The van der Waals surface area contributed by atoms with Gasteiger partial charge in [0.25, 0.3) is 0 Å². The van der Waals surface area contributed by atoms with E-state index in [2.05, 4.69) is 45.9 Å². The molecule has 0 N–H and O–H groups in total. The molecule has 0 unspecified atom stereocenters. The highest BCUT2D eigenvalue weighted by molar-refractivity contribution is 5.05. The predicted molar refractivity (Wildman–Crippen MR) is 92.0 cm³/mol. The van der Waals surface area contributed by atoms with Gasteiger partial charge in [-0.3, -0.25) is 0 Å². The molecular formula is C20H34. The second-order valence-corrected chi connectivity index (χ2v) is 6.85. The minimum Gasteiger partial charge on any atom is -0.0856 e. The van der Waals surface area contributed by atoms with E-state index in [1.54, 1.807) is 11.1 Å². The molecule has 0 radical (unpaired) electrons. The second kappa shape index (κ2) is 10.0. The average Bonchev–Trinajstić information content (AvgIpc) is 2.89. The smallest absolute Gasteiger partial charge is 0.0288 e. The Hall–Kier alpha value is -0.780. The molecule has 0 atom stereocenters. The van der Waals surface area contributed by atoms with E-state index in [0.29, 0.717) is 0 Å². The van der Waals surface area contributed by atoms with E-state index in [1.807, 2.05) is 0 Å². The Labute approximate surface area is 127 Å². The van der Waals surface area contributed by atoms with Crippen molar-refractivity contribution in [1.29, 1.82) is 0 Å². The van der Waals surface area contributed by atoms with Gasteiger partial charge in [-0.25, -0.2) is 0 Å². The summed E-state index contributed by atoms with van der Waals surface area (Å²) in [5, 5.41) is 0. The van der Waals surface area contributed by atoms with E-state index in [1.165, 1.54) is 63.4 Å². The maximum absolute atomic E-state index is 2.50. The zero-order valence-corrected chi connectivity index (χ0v) is 14.2. The van der Waals surface area contributed by atoms with Gasteiger partial charge in [-0.2, -0.15) is 0 Å². The van der Waals surface area contributed by atoms with E-state index >= 15 is 0 Å². The van der Waals surface area contributed by atoms with Gasteiger partial charge in [0, 0.05) is 0 Å². The Kier molecular flexibility index (Phi) is 8.65. The molecule has 1 fully saturated rings. The summed E-state index contributed by atoms with van der Waals surface area (Å²) in [5.74, 6) is 0.992. The van der Waals surface area contributed by atoms with Gasteiger partial charge >= 0.3 is 0 Å². The van der Waals surface area contributed by atoms with Crippen LogP contribution in [-0.4, -0.2) is 0 Å². The molecule has 0 aromatic rings. The molecule has 0 nitrogen and oxygen atoms in total. The summed E-state index contributed by atoms with van der Waals surface area (Å²) in [6.45, 7) is 8.94. The van der Waals surface area contributed by atoms with E-state index in [0.717, 1.165) is 5.92 Å². The molecule has 0 aliphatic heterocycles. The fraction of sp³-hybridized carbons (Fsp3) is 0.700. The summed E-state index contributed by atoms with van der Waals surface area (Å²) in [7, 11) is 0. The van der Waals surface area contributed by atoms with Crippen LogP contribution in [0.1, 0.15) is 85.5 Å². The normalized spacial score (nSPS) is 17.6. The standard InChI is InChI=1S/C20H34/c1-17(2)9-7-10-18(3)11-8-12-19(4)15-16-20-13-5-6-14-20/h9,11,15,20H,5-8,10,12-14,16H2,1-4H3. The van der Waals surface area contributed by atoms with Crippen molar-refractivity contribution in [3.8, 4) is 0 Å². The summed E-state index contributed by atoms with van der Waals surface area (Å²) in [5.41, 5.74) is 4.57. The first-order chi connectivity index (χ1) is 9.58. The Bertz CT molecular complexity index is 344. The van der Waals surface area contributed by atoms with Crippen LogP contribution in [0.15, 0.2) is 34.9 Å². The lowest BCUT2D eigenvalue weighted by atomic mass is 10.0. The van der Waals surface area contributed by atoms with Crippen LogP contribution in [-0.2, 0) is 0 Å². The molecule has 1 aliphatic carbocycles. The third kappa shape index (κ3) is 8.40. The zero-order valence-electron chi connectivity index (χ0n) is 14.2. The van der Waals surface area contributed by atoms with E-state index in [-0.39, 0.29) is 0 Å². The first-order valence-corrected chi connectivity index (χ1v) is 8.52. The first kappa shape index (κ1) is 17.3. The largest absolute Gasteiger partial charge is 0.0856 e. The van der Waals surface area contributed by atoms with Crippen molar-refractivity contribution in [1.82, 2.24) is 0 Å². The topological polar surface area (TPSA) is 0 Å². The van der Waals surface area contributed by atoms with E-state index in [4.69, 9.17) is 0 Å². The van der Waals surface area contributed by atoms with Crippen LogP contribution < -0.4 is 0 Å². The van der Waals surface area contributed by atoms with Gasteiger partial charge in [0.15, 0.2) is 0 Å². The van der Waals surface area contributed by atoms with Crippen molar-refractivity contribution in [3.05, 3.63) is 34.9 Å². The molecule has 0 heteroatoms. The summed E-state index contributed by atoms with van der Waals surface area (Å²) in [6, 6.07) is 0. The fourth-order valence-electron chi connectivity index (χ4n) is 2.95. The van der Waals surface area contributed by atoms with Crippen molar-refractivity contribution in [2.75, 3.05) is 0 Å². The van der Waals surface area contributed by atoms with Gasteiger partial charge in [-0.1, -0.05) is 60.6 Å². The minimum atomic E-state index is 0.992. The Morgan fingerprint density at radius 2 is 1.35 bits per heavy atom. The molecule has 1 rings (SSSR count). The Balaban J connectivity index is 2.17. The highest BCUT2D eigenvalue weighted by Crippen LogP contribution is 2.28. The van der Waals surface area contributed by atoms with Crippen molar-refractivity contribution in [2.45, 2.75) is 85.5 Å². The lowest BCUT2D eigenvalue weighted by molar-refractivity contribution is 0.555. The molecule has 0 bridgehead atoms. The summed E-state index contributed by atoms with van der Waals surface area (Å²) < 4.78 is 0. The minimum absolute atomic E-state index is 0.992. The van der Waals surface area contributed by atoms with E-state index < -0.39 is 0 Å². The van der Waals surface area contributed by atoms with Crippen LogP contribution >= 0.6 is 0 Å². The third-order valence-corrected chi connectivity index (χ3v) is 4.40. The monoisotopic (exact) mass is 274 g/mol. The molecule has 0 spiro atoms. The zero-order chi connectivity index (χ0) is 14.8. The quantitative estimate of drug-likeness (QED) is 0.418. The van der Waals surface area contributed by atoms with Gasteiger partial charge in [-0.05, 0) is 65.7 Å². The highest BCUT2D eigenvalue weighted by atomic mass is 14.2. The van der Waals surface area contributed by atoms with Crippen molar-refractivity contribution in [3.63, 3.8) is 0 Å². The molecule has 0 saturated heterocycles. The number of hydrogen-bond acceptors (Lipinski definition) is 0. The lowest BCUT2D eigenvalue weighted by Crippen LogP contribution is -1.90. The highest BCUT2D eigenvalue weighted by Gasteiger charge is 2.12. The lowest BCUT2D eigenvalue weighted by Gasteiger charge is -2.06. The molecule has 0 aromatic heterocycles. The predicted octanol–water partition coefficient (Wildman–Crippen LogP) is 6.99. The molecule has 20 heavy (non-hydrogen) atoms. The summed E-state index contributed by atoms with van der Waals surface area (Å²) >= 11 is 0. The number of allylic oxidation sites excluding steroid dienone is 6. The van der Waals surface area contributed by atoms with Crippen molar-refractivity contribution in [2.24, 2.45) is 5.92 Å². The summed E-state index contributed by atoms with van der Waals surface area (Å²) in [6.07, 6.45) is 19.3. The molecule has 0 heterocycles. The van der Waals surface area contributed by atoms with Crippen LogP contribution in [0, 0.1) is 5.92 Å². The van der Waals surface area contributed by atoms with Crippen molar-refractivity contribution < 1.29 is 0 Å². The maximum atomic E-state index is 2.50. The number of hydrogen-bond donors (Lipinski definition) is 0.